The van der Waals surface area contributed by atoms with E-state index in [9.17, 15) is 4.79 Å². The van der Waals surface area contributed by atoms with Crippen LogP contribution in [0.2, 0.25) is 0 Å². The molecule has 0 unspecified atom stereocenters. The number of amides is 1. The minimum Gasteiger partial charge on any atom is -0.340 e. The van der Waals surface area contributed by atoms with Crippen LogP contribution in [-0.4, -0.2) is 12.5 Å². The molecule has 20 heavy (non-hydrogen) atoms. The lowest BCUT2D eigenvalue weighted by molar-refractivity contribution is 0.0962. The van der Waals surface area contributed by atoms with Crippen LogP contribution in [0, 0.1) is 18.8 Å². The molecular formula is C17H17NOS. The fourth-order valence-electron chi connectivity index (χ4n) is 1.86. The lowest BCUT2D eigenvalue weighted by Gasteiger charge is -1.96. The first-order chi connectivity index (χ1) is 9.70. The summed E-state index contributed by atoms with van der Waals surface area (Å²) in [6, 6.07) is 11.7. The van der Waals surface area contributed by atoms with Crippen LogP contribution in [0.25, 0.3) is 0 Å². The Balaban J connectivity index is 1.91. The van der Waals surface area contributed by atoms with Gasteiger partial charge in [0.2, 0.25) is 0 Å². The van der Waals surface area contributed by atoms with Crippen LogP contribution in [0.5, 0.6) is 0 Å². The standard InChI is InChI=1S/C17H17NOS/c1-3-15-12-16(20-13(15)2)17(19)18-11-7-10-14-8-5-4-6-9-14/h4-6,8-9,12H,3,11H2,1-2H3,(H,18,19). The summed E-state index contributed by atoms with van der Waals surface area (Å²) in [5.74, 6) is 5.94. The Bertz CT molecular complexity index is 647. The van der Waals surface area contributed by atoms with Gasteiger partial charge in [0.05, 0.1) is 11.4 Å². The molecular weight excluding hydrogens is 266 g/mol. The summed E-state index contributed by atoms with van der Waals surface area (Å²) in [5, 5.41) is 2.83. The van der Waals surface area contributed by atoms with Gasteiger partial charge in [0.15, 0.2) is 0 Å². The van der Waals surface area contributed by atoms with Crippen molar-refractivity contribution in [2.45, 2.75) is 20.3 Å². The van der Waals surface area contributed by atoms with Gasteiger partial charge in [-0.15, -0.1) is 11.3 Å². The molecule has 0 atom stereocenters. The average molecular weight is 283 g/mol. The summed E-state index contributed by atoms with van der Waals surface area (Å²) in [6.45, 7) is 4.52. The van der Waals surface area contributed by atoms with Gasteiger partial charge in [0, 0.05) is 10.4 Å². The van der Waals surface area contributed by atoms with Crippen molar-refractivity contribution < 1.29 is 4.79 Å². The number of thiophene rings is 1. The molecule has 2 aromatic rings. The van der Waals surface area contributed by atoms with Gasteiger partial charge >= 0.3 is 0 Å². The van der Waals surface area contributed by atoms with E-state index >= 15 is 0 Å². The zero-order valence-electron chi connectivity index (χ0n) is 11.7. The second-order valence-corrected chi connectivity index (χ2v) is 5.65. The number of carbonyl (C=O) groups excluding carboxylic acids is 1. The van der Waals surface area contributed by atoms with Crippen LogP contribution in [0.4, 0.5) is 0 Å². The molecule has 0 radical (unpaired) electrons. The molecule has 3 heteroatoms. The maximum atomic E-state index is 12.0. The van der Waals surface area contributed by atoms with Gasteiger partial charge in [-0.05, 0) is 37.1 Å². The van der Waals surface area contributed by atoms with E-state index in [1.165, 1.54) is 10.4 Å². The number of nitrogens with one attached hydrogen (secondary N) is 1. The Morgan fingerprint density at radius 2 is 2.05 bits per heavy atom. The largest absolute Gasteiger partial charge is 0.340 e. The first-order valence-corrected chi connectivity index (χ1v) is 7.43. The van der Waals surface area contributed by atoms with E-state index in [0.717, 1.165) is 16.9 Å². The molecule has 1 aromatic heterocycles. The highest BCUT2D eigenvalue weighted by molar-refractivity contribution is 7.14. The SMILES string of the molecule is CCc1cc(C(=O)NCC#Cc2ccccc2)sc1C. The number of aryl methyl sites for hydroxylation is 2. The number of carbonyl (C=O) groups is 1. The van der Waals surface area contributed by atoms with E-state index in [0.29, 0.717) is 6.54 Å². The summed E-state index contributed by atoms with van der Waals surface area (Å²) < 4.78 is 0. The highest BCUT2D eigenvalue weighted by atomic mass is 32.1. The molecule has 0 aliphatic rings. The topological polar surface area (TPSA) is 29.1 Å². The first-order valence-electron chi connectivity index (χ1n) is 6.62. The van der Waals surface area contributed by atoms with Crippen molar-refractivity contribution in [3.05, 3.63) is 57.3 Å². The molecule has 102 valence electrons. The maximum Gasteiger partial charge on any atom is 0.262 e. The number of benzene rings is 1. The zero-order valence-corrected chi connectivity index (χ0v) is 12.5. The Morgan fingerprint density at radius 3 is 2.70 bits per heavy atom. The zero-order chi connectivity index (χ0) is 14.4. The third-order valence-corrected chi connectivity index (χ3v) is 4.06. The molecule has 1 amide bonds. The first kappa shape index (κ1) is 14.4. The number of hydrogen-bond acceptors (Lipinski definition) is 2. The summed E-state index contributed by atoms with van der Waals surface area (Å²) in [7, 11) is 0. The summed E-state index contributed by atoms with van der Waals surface area (Å²) in [5.41, 5.74) is 2.21. The van der Waals surface area contributed by atoms with Crippen molar-refractivity contribution >= 4 is 17.2 Å². The Labute approximate surface area is 123 Å². The molecule has 0 fully saturated rings. The van der Waals surface area contributed by atoms with E-state index in [-0.39, 0.29) is 5.91 Å². The highest BCUT2D eigenvalue weighted by Crippen LogP contribution is 2.21. The van der Waals surface area contributed by atoms with Crippen molar-refractivity contribution in [3.63, 3.8) is 0 Å². The van der Waals surface area contributed by atoms with Crippen molar-refractivity contribution in [1.29, 1.82) is 0 Å². The quantitative estimate of drug-likeness (QED) is 0.859. The van der Waals surface area contributed by atoms with E-state index in [2.05, 4.69) is 31.0 Å². The summed E-state index contributed by atoms with van der Waals surface area (Å²) >= 11 is 1.54. The molecule has 2 nitrogen and oxygen atoms in total. The van der Waals surface area contributed by atoms with Gasteiger partial charge in [-0.3, -0.25) is 4.79 Å². The molecule has 0 aliphatic carbocycles. The van der Waals surface area contributed by atoms with Crippen molar-refractivity contribution in [2.75, 3.05) is 6.54 Å². The molecule has 1 aromatic carbocycles. The van der Waals surface area contributed by atoms with E-state index < -0.39 is 0 Å². The molecule has 0 bridgehead atoms. The van der Waals surface area contributed by atoms with Gasteiger partial charge in [0.1, 0.15) is 0 Å². The monoisotopic (exact) mass is 283 g/mol. The molecule has 0 saturated heterocycles. The molecule has 0 aliphatic heterocycles. The number of hydrogen-bond donors (Lipinski definition) is 1. The van der Waals surface area contributed by atoms with Crippen LogP contribution in [0.15, 0.2) is 36.4 Å². The summed E-state index contributed by atoms with van der Waals surface area (Å²) in [4.78, 5) is 13.9. The molecule has 1 N–H and O–H groups in total. The fraction of sp³-hybridized carbons (Fsp3) is 0.235. The normalized spacial score (nSPS) is 9.70. The maximum absolute atomic E-state index is 12.0. The Kier molecular flexibility index (Phi) is 4.97. The second kappa shape index (κ2) is 6.93. The minimum atomic E-state index is -0.0415. The van der Waals surface area contributed by atoms with Crippen LogP contribution < -0.4 is 5.32 Å². The lowest BCUT2D eigenvalue weighted by Crippen LogP contribution is -2.22. The Morgan fingerprint density at radius 1 is 1.30 bits per heavy atom. The van der Waals surface area contributed by atoms with E-state index in [4.69, 9.17) is 0 Å². The van der Waals surface area contributed by atoms with Crippen molar-refractivity contribution in [1.82, 2.24) is 5.32 Å². The predicted molar refractivity (Wildman–Crippen MR) is 84.1 cm³/mol. The molecule has 2 rings (SSSR count). The fourth-order valence-corrected chi connectivity index (χ4v) is 2.89. The third kappa shape index (κ3) is 3.72. The van der Waals surface area contributed by atoms with Gasteiger partial charge in [-0.25, -0.2) is 0 Å². The van der Waals surface area contributed by atoms with Gasteiger partial charge in [-0.1, -0.05) is 37.0 Å². The van der Waals surface area contributed by atoms with E-state index in [1.54, 1.807) is 11.3 Å². The van der Waals surface area contributed by atoms with Crippen molar-refractivity contribution in [3.8, 4) is 11.8 Å². The predicted octanol–water partition coefficient (Wildman–Crippen LogP) is 3.40. The lowest BCUT2D eigenvalue weighted by atomic mass is 10.2. The van der Waals surface area contributed by atoms with Gasteiger partial charge < -0.3 is 5.32 Å². The Hall–Kier alpha value is -2.05. The van der Waals surface area contributed by atoms with E-state index in [1.807, 2.05) is 36.4 Å². The van der Waals surface area contributed by atoms with Gasteiger partial charge in [0.25, 0.3) is 5.91 Å². The van der Waals surface area contributed by atoms with Crippen LogP contribution >= 0.6 is 11.3 Å². The van der Waals surface area contributed by atoms with Gasteiger partial charge in [-0.2, -0.15) is 0 Å². The average Bonchev–Trinajstić information content (AvgIpc) is 2.86. The van der Waals surface area contributed by atoms with Crippen LogP contribution in [0.3, 0.4) is 0 Å². The minimum absolute atomic E-state index is 0.0415. The number of rotatable bonds is 3. The summed E-state index contributed by atoms with van der Waals surface area (Å²) in [6.07, 6.45) is 0.962. The third-order valence-electron chi connectivity index (χ3n) is 2.97. The van der Waals surface area contributed by atoms with Crippen molar-refractivity contribution in [2.24, 2.45) is 0 Å². The second-order valence-electron chi connectivity index (χ2n) is 4.40. The highest BCUT2D eigenvalue weighted by Gasteiger charge is 2.10. The smallest absolute Gasteiger partial charge is 0.262 e. The molecule has 1 heterocycles. The van der Waals surface area contributed by atoms with Crippen LogP contribution in [0.1, 0.15) is 32.6 Å². The van der Waals surface area contributed by atoms with Crippen LogP contribution in [-0.2, 0) is 6.42 Å². The molecule has 0 spiro atoms. The molecule has 0 saturated carbocycles.